The minimum Gasteiger partial charge on any atom is -0.310 e. The Morgan fingerprint density at radius 1 is 1.06 bits per heavy atom. The number of halogens is 1. The van der Waals surface area contributed by atoms with Crippen LogP contribution in [0.1, 0.15) is 48.4 Å². The number of hydrogen-bond donors (Lipinski definition) is 1. The minimum atomic E-state index is 0.0106. The van der Waals surface area contributed by atoms with E-state index < -0.39 is 0 Å². The molecule has 0 saturated carbocycles. The highest BCUT2D eigenvalue weighted by molar-refractivity contribution is 5.40. The zero-order valence-electron chi connectivity index (χ0n) is 9.56. The second kappa shape index (κ2) is 4.17. The SMILES string of the molecule is Fc1ccc([C@H]2CCCN2)c2c1CCCC2. The molecule has 1 heterocycles. The molecule has 0 bridgehead atoms. The first kappa shape index (κ1) is 10.3. The highest BCUT2D eigenvalue weighted by Crippen LogP contribution is 2.33. The first-order valence-corrected chi connectivity index (χ1v) is 6.40. The summed E-state index contributed by atoms with van der Waals surface area (Å²) in [7, 11) is 0. The lowest BCUT2D eigenvalue weighted by Gasteiger charge is -2.23. The monoisotopic (exact) mass is 219 g/mol. The Hall–Kier alpha value is -0.890. The van der Waals surface area contributed by atoms with Crippen molar-refractivity contribution in [2.45, 2.75) is 44.6 Å². The topological polar surface area (TPSA) is 12.0 Å². The number of benzene rings is 1. The maximum atomic E-state index is 13.7. The quantitative estimate of drug-likeness (QED) is 0.765. The number of hydrogen-bond acceptors (Lipinski definition) is 1. The van der Waals surface area contributed by atoms with Gasteiger partial charge in [-0.1, -0.05) is 6.07 Å². The highest BCUT2D eigenvalue weighted by atomic mass is 19.1. The van der Waals surface area contributed by atoms with E-state index in [1.165, 1.54) is 30.4 Å². The normalized spacial score (nSPS) is 24.4. The first-order chi connectivity index (χ1) is 7.86. The van der Waals surface area contributed by atoms with Gasteiger partial charge in [-0.2, -0.15) is 0 Å². The predicted molar refractivity (Wildman–Crippen MR) is 63.0 cm³/mol. The largest absolute Gasteiger partial charge is 0.310 e. The van der Waals surface area contributed by atoms with E-state index >= 15 is 0 Å². The Morgan fingerprint density at radius 3 is 2.62 bits per heavy atom. The Morgan fingerprint density at radius 2 is 1.88 bits per heavy atom. The molecule has 3 rings (SSSR count). The molecule has 16 heavy (non-hydrogen) atoms. The van der Waals surface area contributed by atoms with Crippen LogP contribution in [0.15, 0.2) is 12.1 Å². The second-order valence-electron chi connectivity index (χ2n) is 4.95. The third-order valence-electron chi connectivity index (χ3n) is 3.95. The molecule has 1 atom stereocenters. The van der Waals surface area contributed by atoms with E-state index in [9.17, 15) is 4.39 Å². The van der Waals surface area contributed by atoms with Crippen LogP contribution in [-0.2, 0) is 12.8 Å². The van der Waals surface area contributed by atoms with Crippen LogP contribution in [0, 0.1) is 5.82 Å². The Balaban J connectivity index is 2.04. The summed E-state index contributed by atoms with van der Waals surface area (Å²) in [4.78, 5) is 0. The number of nitrogens with one attached hydrogen (secondary N) is 1. The lowest BCUT2D eigenvalue weighted by atomic mass is 9.85. The van der Waals surface area contributed by atoms with Crippen molar-refractivity contribution < 1.29 is 4.39 Å². The fourth-order valence-corrected chi connectivity index (χ4v) is 3.13. The van der Waals surface area contributed by atoms with Gasteiger partial charge in [-0.25, -0.2) is 4.39 Å². The fraction of sp³-hybridized carbons (Fsp3) is 0.571. The van der Waals surface area contributed by atoms with Gasteiger partial charge in [-0.15, -0.1) is 0 Å². The van der Waals surface area contributed by atoms with E-state index in [1.807, 2.05) is 6.07 Å². The molecule has 0 amide bonds. The van der Waals surface area contributed by atoms with Crippen LogP contribution in [0.5, 0.6) is 0 Å². The molecule has 1 nitrogen and oxygen atoms in total. The molecule has 0 spiro atoms. The summed E-state index contributed by atoms with van der Waals surface area (Å²) in [5, 5.41) is 3.52. The van der Waals surface area contributed by atoms with E-state index in [2.05, 4.69) is 5.32 Å². The van der Waals surface area contributed by atoms with Crippen LogP contribution >= 0.6 is 0 Å². The van der Waals surface area contributed by atoms with E-state index in [0.29, 0.717) is 6.04 Å². The van der Waals surface area contributed by atoms with Crippen molar-refractivity contribution in [3.63, 3.8) is 0 Å². The summed E-state index contributed by atoms with van der Waals surface area (Å²) in [6.07, 6.45) is 6.82. The maximum Gasteiger partial charge on any atom is 0.126 e. The standard InChI is InChI=1S/C14H18FN/c15-13-8-7-12(14-6-3-9-16-14)10-4-1-2-5-11(10)13/h7-8,14,16H,1-6,9H2/t14-/m1/s1. The summed E-state index contributed by atoms with van der Waals surface area (Å²) in [6.45, 7) is 1.11. The van der Waals surface area contributed by atoms with Crippen LogP contribution < -0.4 is 5.32 Å². The Kier molecular flexibility index (Phi) is 2.68. The van der Waals surface area contributed by atoms with Gasteiger partial charge in [0.15, 0.2) is 0 Å². The van der Waals surface area contributed by atoms with Gasteiger partial charge in [0.25, 0.3) is 0 Å². The molecule has 0 unspecified atom stereocenters. The summed E-state index contributed by atoms with van der Waals surface area (Å²) in [5.74, 6) is 0.0106. The lowest BCUT2D eigenvalue weighted by molar-refractivity contribution is 0.562. The van der Waals surface area contributed by atoms with Crippen molar-refractivity contribution >= 4 is 0 Å². The van der Waals surface area contributed by atoms with Gasteiger partial charge in [0, 0.05) is 6.04 Å². The lowest BCUT2D eigenvalue weighted by Crippen LogP contribution is -2.18. The molecule has 1 aliphatic heterocycles. The van der Waals surface area contributed by atoms with E-state index in [-0.39, 0.29) is 5.82 Å². The predicted octanol–water partition coefficient (Wildman–Crippen LogP) is 3.13. The third-order valence-corrected chi connectivity index (χ3v) is 3.95. The Labute approximate surface area is 96.1 Å². The van der Waals surface area contributed by atoms with Crippen molar-refractivity contribution in [3.8, 4) is 0 Å². The third kappa shape index (κ3) is 1.65. The van der Waals surface area contributed by atoms with Crippen LogP contribution in [0.2, 0.25) is 0 Å². The van der Waals surface area contributed by atoms with Crippen molar-refractivity contribution in [3.05, 3.63) is 34.6 Å². The fourth-order valence-electron chi connectivity index (χ4n) is 3.13. The molecule has 1 aliphatic carbocycles. The maximum absolute atomic E-state index is 13.7. The molecule has 1 aromatic rings. The highest BCUT2D eigenvalue weighted by Gasteiger charge is 2.23. The van der Waals surface area contributed by atoms with Gasteiger partial charge in [0.1, 0.15) is 5.82 Å². The molecule has 0 aromatic heterocycles. The summed E-state index contributed by atoms with van der Waals surface area (Å²) >= 11 is 0. The average Bonchev–Trinajstić information content (AvgIpc) is 2.83. The van der Waals surface area contributed by atoms with Gasteiger partial charge in [0.2, 0.25) is 0 Å². The van der Waals surface area contributed by atoms with Crippen LogP contribution in [0.4, 0.5) is 4.39 Å². The molecule has 2 aliphatic rings. The molecular weight excluding hydrogens is 201 g/mol. The van der Waals surface area contributed by atoms with Gasteiger partial charge in [-0.3, -0.25) is 0 Å². The minimum absolute atomic E-state index is 0.0106. The second-order valence-corrected chi connectivity index (χ2v) is 4.95. The van der Waals surface area contributed by atoms with Crippen LogP contribution in [-0.4, -0.2) is 6.54 Å². The first-order valence-electron chi connectivity index (χ1n) is 6.40. The average molecular weight is 219 g/mol. The van der Waals surface area contributed by atoms with Crippen molar-refractivity contribution in [1.82, 2.24) is 5.32 Å². The molecule has 1 aromatic carbocycles. The zero-order chi connectivity index (χ0) is 11.0. The molecule has 1 fully saturated rings. The summed E-state index contributed by atoms with van der Waals surface area (Å²) < 4.78 is 13.7. The van der Waals surface area contributed by atoms with E-state index in [1.54, 1.807) is 6.07 Å². The number of rotatable bonds is 1. The van der Waals surface area contributed by atoms with Crippen molar-refractivity contribution in [2.24, 2.45) is 0 Å². The van der Waals surface area contributed by atoms with Gasteiger partial charge in [0.05, 0.1) is 0 Å². The molecule has 0 radical (unpaired) electrons. The Bertz CT molecular complexity index is 394. The van der Waals surface area contributed by atoms with E-state index in [0.717, 1.165) is 31.4 Å². The number of fused-ring (bicyclic) bond motifs is 1. The van der Waals surface area contributed by atoms with Gasteiger partial charge in [-0.05, 0) is 67.8 Å². The van der Waals surface area contributed by atoms with Gasteiger partial charge < -0.3 is 5.32 Å². The smallest absolute Gasteiger partial charge is 0.126 e. The van der Waals surface area contributed by atoms with Crippen LogP contribution in [0.3, 0.4) is 0 Å². The van der Waals surface area contributed by atoms with E-state index in [4.69, 9.17) is 0 Å². The molecular formula is C14H18FN. The van der Waals surface area contributed by atoms with Gasteiger partial charge >= 0.3 is 0 Å². The summed E-state index contributed by atoms with van der Waals surface area (Å²) in [6, 6.07) is 4.15. The molecule has 1 N–H and O–H groups in total. The summed E-state index contributed by atoms with van der Waals surface area (Å²) in [5.41, 5.74) is 3.68. The molecule has 2 heteroatoms. The van der Waals surface area contributed by atoms with Crippen molar-refractivity contribution in [2.75, 3.05) is 6.54 Å². The molecule has 1 saturated heterocycles. The van der Waals surface area contributed by atoms with Crippen molar-refractivity contribution in [1.29, 1.82) is 0 Å². The molecule has 86 valence electrons. The zero-order valence-corrected chi connectivity index (χ0v) is 9.56. The van der Waals surface area contributed by atoms with Crippen LogP contribution in [0.25, 0.3) is 0 Å².